The molecule has 0 atom stereocenters. The van der Waals surface area contributed by atoms with Gasteiger partial charge in [-0.2, -0.15) is 0 Å². The van der Waals surface area contributed by atoms with E-state index in [-0.39, 0.29) is 0 Å². The van der Waals surface area contributed by atoms with Gasteiger partial charge in [0.25, 0.3) is 0 Å². The fraction of sp³-hybridized carbons (Fsp3) is 0.273. The predicted molar refractivity (Wildman–Crippen MR) is 103 cm³/mol. The molecule has 0 saturated heterocycles. The third-order valence-electron chi connectivity index (χ3n) is 2.95. The zero-order chi connectivity index (χ0) is 16.8. The maximum absolute atomic E-state index is 2.16. The minimum absolute atomic E-state index is 1.32. The first-order valence-corrected chi connectivity index (χ1v) is 8.23. The second kappa shape index (κ2) is 12.6. The molecule has 0 N–H and O–H groups in total. The van der Waals surface area contributed by atoms with Crippen LogP contribution in [0.4, 0.5) is 0 Å². The molecule has 3 aromatic rings. The summed E-state index contributed by atoms with van der Waals surface area (Å²) in [6.45, 7) is 12.2. The Balaban J connectivity index is 0.000000348. The van der Waals surface area contributed by atoms with E-state index in [1.165, 1.54) is 21.9 Å². The normalized spacial score (nSPS) is 8.45. The maximum Gasteiger partial charge on any atom is -0.0155 e. The van der Waals surface area contributed by atoms with Crippen molar-refractivity contribution in [1.29, 1.82) is 0 Å². The molecule has 0 saturated carbocycles. The number of aryl methyl sites for hydroxylation is 2. The van der Waals surface area contributed by atoms with Crippen molar-refractivity contribution in [3.63, 3.8) is 0 Å². The van der Waals surface area contributed by atoms with E-state index in [0.29, 0.717) is 0 Å². The molecule has 22 heavy (non-hydrogen) atoms. The molecule has 0 radical (unpaired) electrons. The van der Waals surface area contributed by atoms with Gasteiger partial charge in [-0.25, -0.2) is 0 Å². The van der Waals surface area contributed by atoms with Crippen LogP contribution in [0, 0.1) is 13.8 Å². The second-order valence-electron chi connectivity index (χ2n) is 4.45. The Kier molecular flexibility index (Phi) is 11.4. The molecule has 3 aromatic carbocycles. The molecule has 0 heteroatoms. The molecule has 0 unspecified atom stereocenters. The Morgan fingerprint density at radius 1 is 0.500 bits per heavy atom. The zero-order valence-electron chi connectivity index (χ0n) is 14.9. The Labute approximate surface area is 136 Å². The minimum atomic E-state index is 1.32. The molecule has 0 aliphatic rings. The summed E-state index contributed by atoms with van der Waals surface area (Å²) in [4.78, 5) is 0. The lowest BCUT2D eigenvalue weighted by Gasteiger charge is -1.98. The van der Waals surface area contributed by atoms with Crippen LogP contribution in [0.2, 0.25) is 0 Å². The van der Waals surface area contributed by atoms with Gasteiger partial charge < -0.3 is 0 Å². The van der Waals surface area contributed by atoms with E-state index >= 15 is 0 Å². The standard InChI is InChI=1S/C11H10.C7H8.2C2H6/c1-9-5-4-7-10-6-2-3-8-11(9)10;1-7-5-3-2-4-6-7;2*1-2/h2-8H,1H3;2-6H,1H3;2*1-2H3. The molecule has 0 aromatic heterocycles. The summed E-state index contributed by atoms with van der Waals surface area (Å²) in [5.74, 6) is 0. The van der Waals surface area contributed by atoms with E-state index in [9.17, 15) is 0 Å². The summed E-state index contributed by atoms with van der Waals surface area (Å²) < 4.78 is 0. The lowest BCUT2D eigenvalue weighted by Crippen LogP contribution is -1.75. The van der Waals surface area contributed by atoms with Gasteiger partial charge in [-0.05, 0) is 30.2 Å². The van der Waals surface area contributed by atoms with Crippen molar-refractivity contribution in [2.24, 2.45) is 0 Å². The highest BCUT2D eigenvalue weighted by molar-refractivity contribution is 5.85. The van der Waals surface area contributed by atoms with E-state index in [2.05, 4.69) is 68.4 Å². The topological polar surface area (TPSA) is 0 Å². The first-order valence-electron chi connectivity index (χ1n) is 8.23. The number of hydrogen-bond donors (Lipinski definition) is 0. The summed E-state index contributed by atoms with van der Waals surface area (Å²) in [5.41, 5.74) is 2.67. The Morgan fingerprint density at radius 2 is 1.00 bits per heavy atom. The summed E-state index contributed by atoms with van der Waals surface area (Å²) in [6.07, 6.45) is 0. The van der Waals surface area contributed by atoms with E-state index in [1.54, 1.807) is 0 Å². The lowest BCUT2D eigenvalue weighted by molar-refractivity contribution is 1.48. The van der Waals surface area contributed by atoms with E-state index in [4.69, 9.17) is 0 Å². The van der Waals surface area contributed by atoms with Crippen LogP contribution in [0.25, 0.3) is 10.8 Å². The quantitative estimate of drug-likeness (QED) is 0.411. The van der Waals surface area contributed by atoms with Crippen molar-refractivity contribution in [1.82, 2.24) is 0 Å². The molecule has 0 nitrogen and oxygen atoms in total. The third-order valence-corrected chi connectivity index (χ3v) is 2.95. The van der Waals surface area contributed by atoms with Crippen molar-refractivity contribution >= 4 is 10.8 Å². The Morgan fingerprint density at radius 3 is 1.50 bits per heavy atom. The van der Waals surface area contributed by atoms with Crippen LogP contribution in [0.1, 0.15) is 38.8 Å². The highest BCUT2D eigenvalue weighted by Gasteiger charge is 1.92. The number of rotatable bonds is 0. The fourth-order valence-electron chi connectivity index (χ4n) is 1.92. The van der Waals surface area contributed by atoms with Crippen molar-refractivity contribution in [2.45, 2.75) is 41.5 Å². The number of fused-ring (bicyclic) bond motifs is 1. The molecule has 0 amide bonds. The predicted octanol–water partition coefficient (Wildman–Crippen LogP) is 7.20. The summed E-state index contributed by atoms with van der Waals surface area (Å²) in [5, 5.41) is 2.68. The molecule has 118 valence electrons. The monoisotopic (exact) mass is 294 g/mol. The first kappa shape index (κ1) is 19.9. The zero-order valence-corrected chi connectivity index (χ0v) is 14.9. The van der Waals surface area contributed by atoms with Gasteiger partial charge in [0.05, 0.1) is 0 Å². The van der Waals surface area contributed by atoms with Gasteiger partial charge in [0.1, 0.15) is 0 Å². The largest absolute Gasteiger partial charge is 0.0683 e. The van der Waals surface area contributed by atoms with Crippen LogP contribution >= 0.6 is 0 Å². The molecular formula is C22H30. The van der Waals surface area contributed by atoms with Crippen molar-refractivity contribution in [3.05, 3.63) is 83.9 Å². The third kappa shape index (κ3) is 7.08. The van der Waals surface area contributed by atoms with Gasteiger partial charge in [-0.15, -0.1) is 0 Å². The van der Waals surface area contributed by atoms with Gasteiger partial charge in [-0.3, -0.25) is 0 Å². The first-order chi connectivity index (χ1) is 10.8. The second-order valence-corrected chi connectivity index (χ2v) is 4.45. The SMILES string of the molecule is CC.CC.Cc1cccc2ccccc12.Cc1ccccc1. The fourth-order valence-corrected chi connectivity index (χ4v) is 1.92. The van der Waals surface area contributed by atoms with Crippen molar-refractivity contribution < 1.29 is 0 Å². The summed E-state index contributed by atoms with van der Waals surface area (Å²) >= 11 is 0. The molecule has 0 fully saturated rings. The highest BCUT2D eigenvalue weighted by atomic mass is 14.0. The average molecular weight is 294 g/mol. The number of hydrogen-bond acceptors (Lipinski definition) is 0. The van der Waals surface area contributed by atoms with Crippen LogP contribution in [0.15, 0.2) is 72.8 Å². The molecular weight excluding hydrogens is 264 g/mol. The smallest absolute Gasteiger partial charge is 0.0155 e. The van der Waals surface area contributed by atoms with Crippen LogP contribution in [0.3, 0.4) is 0 Å². The van der Waals surface area contributed by atoms with Crippen LogP contribution in [-0.2, 0) is 0 Å². The average Bonchev–Trinajstić information content (AvgIpc) is 2.60. The minimum Gasteiger partial charge on any atom is -0.0683 e. The van der Waals surface area contributed by atoms with Gasteiger partial charge in [-0.1, -0.05) is 106 Å². The molecule has 0 bridgehead atoms. The van der Waals surface area contributed by atoms with Crippen LogP contribution in [0.5, 0.6) is 0 Å². The van der Waals surface area contributed by atoms with Gasteiger partial charge >= 0.3 is 0 Å². The van der Waals surface area contributed by atoms with Gasteiger partial charge in [0.15, 0.2) is 0 Å². The van der Waals surface area contributed by atoms with Gasteiger partial charge in [0, 0.05) is 0 Å². The highest BCUT2D eigenvalue weighted by Crippen LogP contribution is 2.16. The molecule has 0 heterocycles. The van der Waals surface area contributed by atoms with E-state index in [0.717, 1.165) is 0 Å². The molecule has 0 aliphatic carbocycles. The van der Waals surface area contributed by atoms with E-state index < -0.39 is 0 Å². The molecule has 3 rings (SSSR count). The molecule has 0 spiro atoms. The lowest BCUT2D eigenvalue weighted by atomic mass is 10.1. The van der Waals surface area contributed by atoms with Crippen LogP contribution in [-0.4, -0.2) is 0 Å². The maximum atomic E-state index is 2.16. The number of benzene rings is 3. The van der Waals surface area contributed by atoms with Crippen molar-refractivity contribution in [2.75, 3.05) is 0 Å². The summed E-state index contributed by atoms with van der Waals surface area (Å²) in [7, 11) is 0. The van der Waals surface area contributed by atoms with E-state index in [1.807, 2.05) is 45.9 Å². The van der Waals surface area contributed by atoms with Crippen LogP contribution < -0.4 is 0 Å². The Hall–Kier alpha value is -2.08. The Bertz CT molecular complexity index is 604. The molecule has 0 aliphatic heterocycles. The summed E-state index contributed by atoms with van der Waals surface area (Å²) in [6, 6.07) is 25.1. The van der Waals surface area contributed by atoms with Gasteiger partial charge in [0.2, 0.25) is 0 Å². The van der Waals surface area contributed by atoms with Crippen molar-refractivity contribution in [3.8, 4) is 0 Å².